The van der Waals surface area contributed by atoms with Gasteiger partial charge in [-0.2, -0.15) is 0 Å². The van der Waals surface area contributed by atoms with Crippen LogP contribution in [0.25, 0.3) is 0 Å². The number of hydrogen-bond acceptors (Lipinski definition) is 2. The molecule has 1 atom stereocenters. The molecular weight excluding hydrogens is 396 g/mol. The number of carbonyl (C=O) groups excluding carboxylic acids is 1. The van der Waals surface area contributed by atoms with Gasteiger partial charge in [0.15, 0.2) is 14.6 Å². The molecule has 3 heteroatoms. The van der Waals surface area contributed by atoms with Crippen LogP contribution in [0.3, 0.4) is 0 Å². The molecule has 0 saturated carbocycles. The van der Waals surface area contributed by atoms with Crippen LogP contribution < -0.4 is 0 Å². The van der Waals surface area contributed by atoms with Gasteiger partial charge in [-0.3, -0.25) is 0 Å². The van der Waals surface area contributed by atoms with E-state index in [4.69, 9.17) is 4.43 Å². The Labute approximate surface area is 194 Å². The highest BCUT2D eigenvalue weighted by Gasteiger charge is 2.38. The molecule has 31 heavy (non-hydrogen) atoms. The van der Waals surface area contributed by atoms with Crippen LogP contribution in [0.15, 0.2) is 42.5 Å². The first-order valence-corrected chi connectivity index (χ1v) is 15.3. The zero-order chi connectivity index (χ0) is 23.0. The summed E-state index contributed by atoms with van der Waals surface area (Å²) in [5.74, 6) is 0. The van der Waals surface area contributed by atoms with Gasteiger partial charge in [0.1, 0.15) is 5.60 Å². The van der Waals surface area contributed by atoms with Crippen molar-refractivity contribution in [2.75, 3.05) is 0 Å². The fourth-order valence-electron chi connectivity index (χ4n) is 4.56. The first-order chi connectivity index (χ1) is 14.9. The first kappa shape index (κ1) is 27.8. The van der Waals surface area contributed by atoms with Crippen LogP contribution in [0, 0.1) is 0 Å². The maximum absolute atomic E-state index is 11.8. The highest BCUT2D eigenvalue weighted by molar-refractivity contribution is 6.73. The monoisotopic (exact) mass is 444 g/mol. The second-order valence-electron chi connectivity index (χ2n) is 9.52. The van der Waals surface area contributed by atoms with E-state index in [0.717, 1.165) is 30.8 Å². The smallest absolute Gasteiger partial charge is 0.193 e. The van der Waals surface area contributed by atoms with Crippen molar-refractivity contribution in [2.24, 2.45) is 0 Å². The third-order valence-corrected chi connectivity index (χ3v) is 11.6. The minimum absolute atomic E-state index is 0.673. The largest absolute Gasteiger partial charge is 0.405 e. The van der Waals surface area contributed by atoms with Gasteiger partial charge in [0.05, 0.1) is 0 Å². The second-order valence-corrected chi connectivity index (χ2v) is 14.2. The van der Waals surface area contributed by atoms with Gasteiger partial charge in [0, 0.05) is 6.42 Å². The molecular formula is C28H48O2Si. The summed E-state index contributed by atoms with van der Waals surface area (Å²) in [5.41, 5.74) is 1.94. The predicted octanol–water partition coefficient (Wildman–Crippen LogP) is 8.67. The molecule has 0 bridgehead atoms. The van der Waals surface area contributed by atoms with Crippen LogP contribution >= 0.6 is 0 Å². The van der Waals surface area contributed by atoms with E-state index in [1.54, 1.807) is 0 Å². The summed E-state index contributed by atoms with van der Waals surface area (Å²) in [6, 6.07) is 14.0. The molecule has 176 valence electrons. The Morgan fingerprint density at radius 1 is 0.903 bits per heavy atom. The molecule has 0 aromatic heterocycles. The number of aryl methyl sites for hydroxylation is 1. The van der Waals surface area contributed by atoms with E-state index in [0.29, 0.717) is 6.42 Å². The SMILES string of the molecule is C=C(CCCCCCCCCCc1ccccc1)C[C@](C)(C=O)O[Si](CC)(CC)CC. The van der Waals surface area contributed by atoms with Crippen molar-refractivity contribution in [1.82, 2.24) is 0 Å². The number of benzene rings is 1. The Hall–Kier alpha value is -1.19. The van der Waals surface area contributed by atoms with Gasteiger partial charge in [-0.25, -0.2) is 0 Å². The van der Waals surface area contributed by atoms with E-state index in [9.17, 15) is 4.79 Å². The van der Waals surface area contributed by atoms with Crippen molar-refractivity contribution in [3.8, 4) is 0 Å². The molecule has 0 aliphatic rings. The highest BCUT2D eigenvalue weighted by atomic mass is 28.4. The summed E-state index contributed by atoms with van der Waals surface area (Å²) >= 11 is 0. The average Bonchev–Trinajstić information content (AvgIpc) is 2.79. The second kappa shape index (κ2) is 15.6. The lowest BCUT2D eigenvalue weighted by atomic mass is 9.95. The van der Waals surface area contributed by atoms with E-state index in [-0.39, 0.29) is 0 Å². The molecule has 1 aromatic rings. The van der Waals surface area contributed by atoms with Gasteiger partial charge >= 0.3 is 0 Å². The van der Waals surface area contributed by atoms with E-state index >= 15 is 0 Å². The van der Waals surface area contributed by atoms with Gasteiger partial charge in [0.25, 0.3) is 0 Å². The minimum Gasteiger partial charge on any atom is -0.405 e. The maximum Gasteiger partial charge on any atom is 0.193 e. The van der Waals surface area contributed by atoms with Crippen LogP contribution in [0.5, 0.6) is 0 Å². The Morgan fingerprint density at radius 2 is 1.42 bits per heavy atom. The molecule has 0 amide bonds. The van der Waals surface area contributed by atoms with Crippen molar-refractivity contribution in [3.63, 3.8) is 0 Å². The molecule has 0 heterocycles. The Kier molecular flexibility index (Phi) is 14.0. The number of carbonyl (C=O) groups is 1. The predicted molar refractivity (Wildman–Crippen MR) is 138 cm³/mol. The van der Waals surface area contributed by atoms with Crippen molar-refractivity contribution >= 4 is 14.6 Å². The van der Waals surface area contributed by atoms with Gasteiger partial charge in [-0.15, -0.1) is 0 Å². The van der Waals surface area contributed by atoms with Crippen LogP contribution in [0.1, 0.15) is 97.5 Å². The van der Waals surface area contributed by atoms with E-state index < -0.39 is 13.9 Å². The van der Waals surface area contributed by atoms with Gasteiger partial charge in [-0.05, 0) is 56.3 Å². The van der Waals surface area contributed by atoms with E-state index in [2.05, 4.69) is 57.7 Å². The minimum atomic E-state index is -1.80. The lowest BCUT2D eigenvalue weighted by Gasteiger charge is -2.37. The van der Waals surface area contributed by atoms with Gasteiger partial charge in [0.2, 0.25) is 0 Å². The fraction of sp³-hybridized carbons (Fsp3) is 0.679. The van der Waals surface area contributed by atoms with Crippen LogP contribution in [0.4, 0.5) is 0 Å². The van der Waals surface area contributed by atoms with Crippen molar-refractivity contribution in [1.29, 1.82) is 0 Å². The normalized spacial score (nSPS) is 13.7. The molecule has 1 aromatic carbocycles. The molecule has 0 aliphatic carbocycles. The summed E-state index contributed by atoms with van der Waals surface area (Å²) in [5, 5.41) is 0. The fourth-order valence-corrected chi connectivity index (χ4v) is 7.60. The number of rotatable bonds is 19. The number of hydrogen-bond donors (Lipinski definition) is 0. The summed E-state index contributed by atoms with van der Waals surface area (Å²) in [7, 11) is -1.80. The topological polar surface area (TPSA) is 26.3 Å². The molecule has 2 nitrogen and oxygen atoms in total. The lowest BCUT2D eigenvalue weighted by molar-refractivity contribution is -0.121. The molecule has 0 fully saturated rings. The van der Waals surface area contributed by atoms with Crippen LogP contribution in [-0.4, -0.2) is 20.2 Å². The zero-order valence-corrected chi connectivity index (χ0v) is 21.9. The third-order valence-electron chi connectivity index (χ3n) is 6.82. The highest BCUT2D eigenvalue weighted by Crippen LogP contribution is 2.31. The molecule has 0 N–H and O–H groups in total. The Bertz CT molecular complexity index is 600. The molecule has 1 rings (SSSR count). The maximum atomic E-state index is 11.8. The average molecular weight is 445 g/mol. The van der Waals surface area contributed by atoms with E-state index in [1.165, 1.54) is 68.9 Å². The number of unbranched alkanes of at least 4 members (excludes halogenated alkanes) is 7. The van der Waals surface area contributed by atoms with Crippen LogP contribution in [0.2, 0.25) is 18.1 Å². The van der Waals surface area contributed by atoms with Gasteiger partial charge < -0.3 is 9.22 Å². The van der Waals surface area contributed by atoms with Gasteiger partial charge in [-0.1, -0.05) is 102 Å². The summed E-state index contributed by atoms with van der Waals surface area (Å²) in [6.45, 7) is 12.9. The third kappa shape index (κ3) is 11.3. The van der Waals surface area contributed by atoms with Crippen molar-refractivity contribution < 1.29 is 9.22 Å². The zero-order valence-electron chi connectivity index (χ0n) is 20.9. The Balaban J connectivity index is 2.13. The molecule has 0 unspecified atom stereocenters. The van der Waals surface area contributed by atoms with Crippen molar-refractivity contribution in [3.05, 3.63) is 48.0 Å². The Morgan fingerprint density at radius 3 is 1.94 bits per heavy atom. The molecule has 0 aliphatic heterocycles. The van der Waals surface area contributed by atoms with E-state index in [1.807, 2.05) is 6.92 Å². The molecule has 0 spiro atoms. The summed E-state index contributed by atoms with van der Waals surface area (Å²) < 4.78 is 6.52. The summed E-state index contributed by atoms with van der Waals surface area (Å²) in [4.78, 5) is 11.8. The number of aldehydes is 1. The first-order valence-electron chi connectivity index (χ1n) is 12.8. The van der Waals surface area contributed by atoms with Crippen molar-refractivity contribution in [2.45, 2.75) is 122 Å². The quantitative estimate of drug-likeness (QED) is 0.0923. The lowest BCUT2D eigenvalue weighted by Crippen LogP contribution is -2.47. The standard InChI is InChI=1S/C28H48O2Si/c1-6-31(7-2,8-3)30-28(5,25-29)24-26(4)20-16-13-11-9-10-12-14-17-21-27-22-18-15-19-23-27/h15,18-19,22-23,25H,4,6-14,16-17,20-21,24H2,1-3,5H3/t28-/m1/s1. The van der Waals surface area contributed by atoms with Crippen LogP contribution in [-0.2, 0) is 15.6 Å². The summed E-state index contributed by atoms with van der Waals surface area (Å²) in [6.07, 6.45) is 14.4. The molecule has 0 saturated heterocycles. The molecule has 0 radical (unpaired) electrons.